The summed E-state index contributed by atoms with van der Waals surface area (Å²) in [5.41, 5.74) is 3.59. The summed E-state index contributed by atoms with van der Waals surface area (Å²) in [6.45, 7) is 4.16. The molecule has 3 aromatic carbocycles. The molecule has 5 rings (SSSR count). The molecule has 0 aliphatic carbocycles. The zero-order valence-electron chi connectivity index (χ0n) is 14.9. The number of aromatic nitrogens is 2. The van der Waals surface area contributed by atoms with Gasteiger partial charge in [0.25, 0.3) is 5.69 Å². The summed E-state index contributed by atoms with van der Waals surface area (Å²) in [5, 5.41) is 13.0. The fraction of sp³-hybridized carbons (Fsp3) is 0.190. The molecule has 1 N–H and O–H groups in total. The van der Waals surface area contributed by atoms with Gasteiger partial charge in [-0.3, -0.25) is 10.1 Å². The zero-order chi connectivity index (χ0) is 18.8. The van der Waals surface area contributed by atoms with Gasteiger partial charge in [0.1, 0.15) is 17.2 Å². The Balaban J connectivity index is 1.77. The van der Waals surface area contributed by atoms with Crippen molar-refractivity contribution >= 4 is 27.5 Å². The molecule has 27 heavy (non-hydrogen) atoms. The fourth-order valence-corrected chi connectivity index (χ4v) is 3.85. The van der Waals surface area contributed by atoms with Gasteiger partial charge in [-0.1, -0.05) is 24.3 Å². The van der Waals surface area contributed by atoms with Gasteiger partial charge in [0.15, 0.2) is 0 Å². The fourth-order valence-electron chi connectivity index (χ4n) is 3.85. The number of nitro benzene ring substituents is 1. The molecule has 0 saturated heterocycles. The van der Waals surface area contributed by atoms with E-state index in [4.69, 9.17) is 9.72 Å². The van der Waals surface area contributed by atoms with E-state index in [1.807, 2.05) is 12.1 Å². The first kappa shape index (κ1) is 15.8. The van der Waals surface area contributed by atoms with Crippen LogP contribution in [0.15, 0.2) is 48.5 Å². The molecule has 4 aromatic rings. The van der Waals surface area contributed by atoms with Crippen LogP contribution in [-0.4, -0.2) is 20.5 Å². The van der Waals surface area contributed by atoms with Gasteiger partial charge in [0.05, 0.1) is 16.0 Å². The highest BCUT2D eigenvalue weighted by molar-refractivity contribution is 6.10. The number of fused-ring (bicyclic) bond motifs is 6. The number of H-pyrrole nitrogens is 1. The SMILES string of the molecule is CC1(C)Cc2c(c3ccccc3c3[nH]c(-c4ccc([N+](=O)[O-])cc4)nc23)O1. The zero-order valence-corrected chi connectivity index (χ0v) is 14.9. The number of ether oxygens (including phenoxy) is 1. The number of nitrogens with zero attached hydrogens (tertiary/aromatic N) is 2. The minimum absolute atomic E-state index is 0.0661. The van der Waals surface area contributed by atoms with Crippen molar-refractivity contribution in [3.05, 3.63) is 64.2 Å². The summed E-state index contributed by atoms with van der Waals surface area (Å²) in [6.07, 6.45) is 0.786. The molecular formula is C21H17N3O3. The highest BCUT2D eigenvalue weighted by Gasteiger charge is 2.34. The van der Waals surface area contributed by atoms with E-state index in [1.54, 1.807) is 12.1 Å². The minimum atomic E-state index is -0.401. The Hall–Kier alpha value is -3.41. The molecule has 0 radical (unpaired) electrons. The molecule has 6 heteroatoms. The molecule has 0 spiro atoms. The van der Waals surface area contributed by atoms with Crippen molar-refractivity contribution in [3.8, 4) is 17.1 Å². The summed E-state index contributed by atoms with van der Waals surface area (Å²) in [7, 11) is 0. The van der Waals surface area contributed by atoms with E-state index >= 15 is 0 Å². The number of non-ortho nitro benzene ring substituents is 1. The highest BCUT2D eigenvalue weighted by atomic mass is 16.6. The molecule has 0 fully saturated rings. The molecule has 134 valence electrons. The Bertz CT molecular complexity index is 1220. The number of rotatable bonds is 2. The molecule has 1 aliphatic rings. The van der Waals surface area contributed by atoms with Crippen molar-refractivity contribution in [3.63, 3.8) is 0 Å². The third kappa shape index (κ3) is 2.37. The van der Waals surface area contributed by atoms with Gasteiger partial charge in [0, 0.05) is 40.5 Å². The average molecular weight is 359 g/mol. The van der Waals surface area contributed by atoms with Crippen LogP contribution >= 0.6 is 0 Å². The molecule has 1 aliphatic heterocycles. The molecule has 0 atom stereocenters. The number of benzene rings is 3. The first-order chi connectivity index (χ1) is 12.9. The van der Waals surface area contributed by atoms with Crippen molar-refractivity contribution in [2.24, 2.45) is 0 Å². The molecular weight excluding hydrogens is 342 g/mol. The predicted molar refractivity (Wildman–Crippen MR) is 104 cm³/mol. The van der Waals surface area contributed by atoms with Crippen LogP contribution in [0.4, 0.5) is 5.69 Å². The van der Waals surface area contributed by atoms with Crippen molar-refractivity contribution in [2.45, 2.75) is 25.9 Å². The topological polar surface area (TPSA) is 81.0 Å². The maximum absolute atomic E-state index is 10.9. The van der Waals surface area contributed by atoms with Crippen molar-refractivity contribution < 1.29 is 9.66 Å². The quantitative estimate of drug-likeness (QED) is 0.403. The van der Waals surface area contributed by atoms with E-state index in [0.29, 0.717) is 5.82 Å². The van der Waals surface area contributed by atoms with Crippen LogP contribution in [0.3, 0.4) is 0 Å². The monoisotopic (exact) mass is 359 g/mol. The van der Waals surface area contributed by atoms with Gasteiger partial charge in [-0.2, -0.15) is 0 Å². The minimum Gasteiger partial charge on any atom is -0.486 e. The van der Waals surface area contributed by atoms with Crippen molar-refractivity contribution in [1.29, 1.82) is 0 Å². The second kappa shape index (κ2) is 5.30. The summed E-state index contributed by atoms with van der Waals surface area (Å²) < 4.78 is 6.24. The summed E-state index contributed by atoms with van der Waals surface area (Å²) in [4.78, 5) is 18.8. The van der Waals surface area contributed by atoms with Crippen LogP contribution in [-0.2, 0) is 6.42 Å². The van der Waals surface area contributed by atoms with E-state index in [9.17, 15) is 10.1 Å². The normalized spacial score (nSPS) is 15.0. The van der Waals surface area contributed by atoms with Gasteiger partial charge in [0.2, 0.25) is 0 Å². The Morgan fingerprint density at radius 3 is 2.52 bits per heavy atom. The predicted octanol–water partition coefficient (Wildman–Crippen LogP) is 5.00. The summed E-state index contributed by atoms with van der Waals surface area (Å²) in [5.74, 6) is 1.60. The van der Waals surface area contributed by atoms with E-state index in [0.717, 1.165) is 45.1 Å². The van der Waals surface area contributed by atoms with Gasteiger partial charge in [-0.05, 0) is 26.0 Å². The maximum Gasteiger partial charge on any atom is 0.269 e. The Morgan fingerprint density at radius 1 is 1.11 bits per heavy atom. The smallest absolute Gasteiger partial charge is 0.269 e. The van der Waals surface area contributed by atoms with Crippen LogP contribution in [0.1, 0.15) is 19.4 Å². The van der Waals surface area contributed by atoms with Crippen LogP contribution < -0.4 is 4.74 Å². The van der Waals surface area contributed by atoms with Crippen molar-refractivity contribution in [2.75, 3.05) is 0 Å². The standard InChI is InChI=1S/C21H17N3O3/c1-21(2)11-16-18-17(14-5-3-4-6-15(14)19(16)27-21)22-20(23-18)12-7-9-13(10-8-12)24(25)26/h3-10H,11H2,1-2H3,(H,22,23). The number of hydrogen-bond acceptors (Lipinski definition) is 4. The Labute approximate surface area is 155 Å². The number of hydrogen-bond donors (Lipinski definition) is 1. The number of aromatic amines is 1. The van der Waals surface area contributed by atoms with Crippen LogP contribution in [0.2, 0.25) is 0 Å². The summed E-state index contributed by atoms with van der Waals surface area (Å²) in [6, 6.07) is 14.6. The molecule has 0 amide bonds. The second-order valence-electron chi connectivity index (χ2n) is 7.50. The van der Waals surface area contributed by atoms with Crippen LogP contribution in [0, 0.1) is 10.1 Å². The lowest BCUT2D eigenvalue weighted by molar-refractivity contribution is -0.384. The lowest BCUT2D eigenvalue weighted by Gasteiger charge is -2.17. The first-order valence-electron chi connectivity index (χ1n) is 8.80. The van der Waals surface area contributed by atoms with E-state index in [1.165, 1.54) is 12.1 Å². The average Bonchev–Trinajstić information content (AvgIpc) is 3.23. The van der Waals surface area contributed by atoms with E-state index < -0.39 is 4.92 Å². The van der Waals surface area contributed by atoms with Gasteiger partial charge in [-0.25, -0.2) is 4.98 Å². The van der Waals surface area contributed by atoms with Crippen LogP contribution in [0.5, 0.6) is 5.75 Å². The molecule has 0 bridgehead atoms. The van der Waals surface area contributed by atoms with E-state index in [2.05, 4.69) is 31.0 Å². The number of nitrogens with one attached hydrogen (secondary N) is 1. The summed E-state index contributed by atoms with van der Waals surface area (Å²) >= 11 is 0. The van der Waals surface area contributed by atoms with Gasteiger partial charge in [-0.15, -0.1) is 0 Å². The third-order valence-electron chi connectivity index (χ3n) is 5.04. The van der Waals surface area contributed by atoms with Crippen molar-refractivity contribution in [1.82, 2.24) is 9.97 Å². The largest absolute Gasteiger partial charge is 0.486 e. The van der Waals surface area contributed by atoms with Gasteiger partial charge >= 0.3 is 0 Å². The number of imidazole rings is 1. The lowest BCUT2D eigenvalue weighted by atomic mass is 9.97. The molecule has 0 unspecified atom stereocenters. The number of nitro groups is 1. The lowest BCUT2D eigenvalue weighted by Crippen LogP contribution is -2.24. The van der Waals surface area contributed by atoms with Gasteiger partial charge < -0.3 is 9.72 Å². The Morgan fingerprint density at radius 2 is 1.81 bits per heavy atom. The second-order valence-corrected chi connectivity index (χ2v) is 7.50. The third-order valence-corrected chi connectivity index (χ3v) is 5.04. The Kier molecular flexibility index (Phi) is 3.10. The first-order valence-corrected chi connectivity index (χ1v) is 8.80. The highest BCUT2D eigenvalue weighted by Crippen LogP contribution is 2.45. The maximum atomic E-state index is 10.9. The van der Waals surface area contributed by atoms with E-state index in [-0.39, 0.29) is 11.3 Å². The molecule has 6 nitrogen and oxygen atoms in total. The molecule has 1 aromatic heterocycles. The van der Waals surface area contributed by atoms with Crippen LogP contribution in [0.25, 0.3) is 33.2 Å². The molecule has 0 saturated carbocycles. The molecule has 2 heterocycles.